The van der Waals surface area contributed by atoms with Crippen LogP contribution in [0.4, 0.5) is 17.1 Å². The Kier molecular flexibility index (Phi) is 7.58. The maximum atomic E-state index is 13.2. The summed E-state index contributed by atoms with van der Waals surface area (Å²) in [6, 6.07) is 22.0. The average Bonchev–Trinajstić information content (AvgIpc) is 2.87. The summed E-state index contributed by atoms with van der Waals surface area (Å²) >= 11 is 1.82. The van der Waals surface area contributed by atoms with Gasteiger partial charge in [0.05, 0.1) is 0 Å². The van der Waals surface area contributed by atoms with E-state index in [-0.39, 0.29) is 11.8 Å². The van der Waals surface area contributed by atoms with E-state index in [1.54, 1.807) is 11.9 Å². The second-order valence-corrected chi connectivity index (χ2v) is 9.41. The van der Waals surface area contributed by atoms with E-state index >= 15 is 0 Å². The first-order chi connectivity index (χ1) is 16.5. The zero-order chi connectivity index (χ0) is 24.1. The summed E-state index contributed by atoms with van der Waals surface area (Å²) in [5.41, 5.74) is 6.60. The number of fused-ring (bicyclic) bond motifs is 1. The summed E-state index contributed by atoms with van der Waals surface area (Å²) in [4.78, 5) is 29.3. The standard InChI is InChI=1S/C28H31N3O2S/c1-4-31(16-17-34-3)26-18-22(11-14-24(26)20-8-6-5-7-9-20)28(33)29-23-13-10-21-12-15-27(32)30(2)25(21)19-23/h5-11,13-14,18-19H,4,12,15-17H2,1-3H3,(H,29,33). The molecule has 0 fully saturated rings. The predicted molar refractivity (Wildman–Crippen MR) is 144 cm³/mol. The molecule has 0 atom stereocenters. The van der Waals surface area contributed by atoms with E-state index in [2.05, 4.69) is 35.5 Å². The van der Waals surface area contributed by atoms with Gasteiger partial charge in [0.2, 0.25) is 5.91 Å². The molecule has 1 aliphatic rings. The average molecular weight is 474 g/mol. The van der Waals surface area contributed by atoms with Crippen molar-refractivity contribution in [2.75, 3.05) is 47.3 Å². The molecule has 0 unspecified atom stereocenters. The molecule has 0 spiro atoms. The highest BCUT2D eigenvalue weighted by Crippen LogP contribution is 2.33. The second kappa shape index (κ2) is 10.8. The molecule has 5 nitrogen and oxygen atoms in total. The van der Waals surface area contributed by atoms with Crippen LogP contribution < -0.4 is 15.1 Å². The zero-order valence-corrected chi connectivity index (χ0v) is 20.8. The molecule has 3 aromatic rings. The maximum absolute atomic E-state index is 13.2. The van der Waals surface area contributed by atoms with Gasteiger partial charge in [-0.1, -0.05) is 42.5 Å². The summed E-state index contributed by atoms with van der Waals surface area (Å²) in [5, 5.41) is 3.03. The van der Waals surface area contributed by atoms with E-state index in [1.807, 2.05) is 66.4 Å². The number of carbonyl (C=O) groups excluding carboxylic acids is 2. The van der Waals surface area contributed by atoms with E-state index in [9.17, 15) is 9.59 Å². The number of benzene rings is 3. The van der Waals surface area contributed by atoms with Crippen LogP contribution in [0.15, 0.2) is 66.7 Å². The maximum Gasteiger partial charge on any atom is 0.255 e. The second-order valence-electron chi connectivity index (χ2n) is 8.42. The fourth-order valence-electron chi connectivity index (χ4n) is 4.36. The van der Waals surface area contributed by atoms with Gasteiger partial charge in [-0.3, -0.25) is 9.59 Å². The Morgan fingerprint density at radius 3 is 2.59 bits per heavy atom. The zero-order valence-electron chi connectivity index (χ0n) is 20.0. The van der Waals surface area contributed by atoms with Gasteiger partial charge in [0.15, 0.2) is 0 Å². The highest BCUT2D eigenvalue weighted by Gasteiger charge is 2.21. The lowest BCUT2D eigenvalue weighted by Crippen LogP contribution is -2.31. The lowest BCUT2D eigenvalue weighted by Gasteiger charge is -2.27. The minimum Gasteiger partial charge on any atom is -0.370 e. The van der Waals surface area contributed by atoms with Crippen molar-refractivity contribution >= 4 is 40.6 Å². The lowest BCUT2D eigenvalue weighted by molar-refractivity contribution is -0.118. The third kappa shape index (κ3) is 5.12. The van der Waals surface area contributed by atoms with Crippen LogP contribution in [-0.2, 0) is 11.2 Å². The third-order valence-corrected chi connectivity index (χ3v) is 6.91. The van der Waals surface area contributed by atoms with E-state index in [1.165, 1.54) is 0 Å². The summed E-state index contributed by atoms with van der Waals surface area (Å²) < 4.78 is 0. The number of hydrogen-bond donors (Lipinski definition) is 1. The molecule has 0 saturated carbocycles. The van der Waals surface area contributed by atoms with Gasteiger partial charge in [-0.15, -0.1) is 0 Å². The van der Waals surface area contributed by atoms with Crippen molar-refractivity contribution in [1.82, 2.24) is 0 Å². The van der Waals surface area contributed by atoms with E-state index in [0.717, 1.165) is 53.3 Å². The minimum absolute atomic E-state index is 0.0991. The van der Waals surface area contributed by atoms with Gasteiger partial charge in [0.25, 0.3) is 5.91 Å². The largest absolute Gasteiger partial charge is 0.370 e. The normalized spacial score (nSPS) is 12.9. The van der Waals surface area contributed by atoms with Crippen molar-refractivity contribution in [2.45, 2.75) is 19.8 Å². The van der Waals surface area contributed by atoms with Crippen LogP contribution in [0.1, 0.15) is 29.3 Å². The smallest absolute Gasteiger partial charge is 0.255 e. The molecule has 1 heterocycles. The molecule has 3 aromatic carbocycles. The number of amides is 2. The molecule has 1 N–H and O–H groups in total. The fourth-order valence-corrected chi connectivity index (χ4v) is 4.76. The summed E-state index contributed by atoms with van der Waals surface area (Å²) in [5.74, 6) is 0.952. The Morgan fingerprint density at radius 1 is 1.06 bits per heavy atom. The quantitative estimate of drug-likeness (QED) is 0.456. The molecular weight excluding hydrogens is 442 g/mol. The number of aryl methyl sites for hydroxylation is 1. The molecule has 34 heavy (non-hydrogen) atoms. The van der Waals surface area contributed by atoms with Crippen molar-refractivity contribution in [1.29, 1.82) is 0 Å². The highest BCUT2D eigenvalue weighted by molar-refractivity contribution is 7.98. The topological polar surface area (TPSA) is 52.7 Å². The van der Waals surface area contributed by atoms with Gasteiger partial charge >= 0.3 is 0 Å². The Hall–Kier alpha value is -3.25. The molecule has 176 valence electrons. The molecule has 0 aromatic heterocycles. The molecule has 0 aliphatic carbocycles. The number of rotatable bonds is 8. The summed E-state index contributed by atoms with van der Waals surface area (Å²) in [6.07, 6.45) is 3.37. The summed E-state index contributed by atoms with van der Waals surface area (Å²) in [6.45, 7) is 3.91. The Morgan fingerprint density at radius 2 is 1.85 bits per heavy atom. The van der Waals surface area contributed by atoms with E-state index in [0.29, 0.717) is 17.7 Å². The fraction of sp³-hybridized carbons (Fsp3) is 0.286. The number of thioether (sulfide) groups is 1. The van der Waals surface area contributed by atoms with Gasteiger partial charge in [-0.25, -0.2) is 0 Å². The van der Waals surface area contributed by atoms with Gasteiger partial charge in [-0.05, 0) is 55.0 Å². The first kappa shape index (κ1) is 23.9. The van der Waals surface area contributed by atoms with Crippen LogP contribution in [0.2, 0.25) is 0 Å². The van der Waals surface area contributed by atoms with Crippen LogP contribution in [0.25, 0.3) is 11.1 Å². The number of hydrogen-bond acceptors (Lipinski definition) is 4. The molecule has 0 radical (unpaired) electrons. The van der Waals surface area contributed by atoms with Crippen molar-refractivity contribution < 1.29 is 9.59 Å². The van der Waals surface area contributed by atoms with Gasteiger partial charge in [0.1, 0.15) is 0 Å². The highest BCUT2D eigenvalue weighted by atomic mass is 32.2. The molecular formula is C28H31N3O2S. The molecule has 6 heteroatoms. The Bertz CT molecular complexity index is 1180. The molecule has 2 amide bonds. The Balaban J connectivity index is 1.64. The minimum atomic E-state index is -0.161. The van der Waals surface area contributed by atoms with Crippen LogP contribution >= 0.6 is 11.8 Å². The Labute approximate surface area is 206 Å². The SMILES string of the molecule is CCN(CCSC)c1cc(C(=O)Nc2ccc3c(c2)N(C)C(=O)CC3)ccc1-c1ccccc1. The number of anilines is 3. The van der Waals surface area contributed by atoms with Gasteiger partial charge < -0.3 is 15.1 Å². The van der Waals surface area contributed by atoms with E-state index < -0.39 is 0 Å². The lowest BCUT2D eigenvalue weighted by atomic mass is 9.99. The van der Waals surface area contributed by atoms with E-state index in [4.69, 9.17) is 0 Å². The monoisotopic (exact) mass is 473 g/mol. The third-order valence-electron chi connectivity index (χ3n) is 6.32. The van der Waals surface area contributed by atoms with Crippen LogP contribution in [0.5, 0.6) is 0 Å². The van der Waals surface area contributed by atoms with Crippen LogP contribution in [0.3, 0.4) is 0 Å². The van der Waals surface area contributed by atoms with Crippen molar-refractivity contribution in [3.05, 3.63) is 77.9 Å². The molecule has 4 rings (SSSR count). The van der Waals surface area contributed by atoms with Crippen LogP contribution in [0, 0.1) is 0 Å². The first-order valence-electron chi connectivity index (χ1n) is 11.7. The summed E-state index contributed by atoms with van der Waals surface area (Å²) in [7, 11) is 1.79. The number of carbonyl (C=O) groups is 2. The van der Waals surface area contributed by atoms with Gasteiger partial charge in [0, 0.05) is 60.5 Å². The number of nitrogens with one attached hydrogen (secondary N) is 1. The van der Waals surface area contributed by atoms with Crippen molar-refractivity contribution in [3.8, 4) is 11.1 Å². The van der Waals surface area contributed by atoms with Crippen LogP contribution in [-0.4, -0.2) is 44.0 Å². The predicted octanol–water partition coefficient (Wildman–Crippen LogP) is 5.70. The molecule has 1 aliphatic heterocycles. The molecule has 0 bridgehead atoms. The number of nitrogens with zero attached hydrogens (tertiary/aromatic N) is 2. The van der Waals surface area contributed by atoms with Gasteiger partial charge in [-0.2, -0.15) is 11.8 Å². The first-order valence-corrected chi connectivity index (χ1v) is 13.1. The van der Waals surface area contributed by atoms with Crippen molar-refractivity contribution in [3.63, 3.8) is 0 Å². The molecule has 0 saturated heterocycles. The van der Waals surface area contributed by atoms with Crippen molar-refractivity contribution in [2.24, 2.45) is 0 Å².